The molecule has 2 unspecified atom stereocenters. The van der Waals surface area contributed by atoms with Crippen LogP contribution in [0, 0.1) is 11.3 Å². The first kappa shape index (κ1) is 12.3. The molecule has 0 saturated carbocycles. The molecule has 100 valence electrons. The third-order valence-electron chi connectivity index (χ3n) is 4.37. The number of nitriles is 1. The quantitative estimate of drug-likeness (QED) is 0.880. The van der Waals surface area contributed by atoms with Gasteiger partial charge in [-0.25, -0.2) is 0 Å². The summed E-state index contributed by atoms with van der Waals surface area (Å²) in [5.74, 6) is 0.809. The molecule has 0 amide bonds. The standard InChI is InChI=1S/C15H19N3O/c1-19-14-5-2-10(9-16)15(8-14)18-12-3-4-13(18)7-11(17)6-12/h2,5,8,11-13H,3-4,6-7,17H2,1H3. The smallest absolute Gasteiger partial charge is 0.121 e. The van der Waals surface area contributed by atoms with Crippen molar-refractivity contribution >= 4 is 5.69 Å². The van der Waals surface area contributed by atoms with Gasteiger partial charge in [-0.3, -0.25) is 0 Å². The van der Waals surface area contributed by atoms with Gasteiger partial charge in [-0.2, -0.15) is 5.26 Å². The number of nitrogens with two attached hydrogens (primary N) is 1. The predicted molar refractivity (Wildman–Crippen MR) is 74.2 cm³/mol. The maximum Gasteiger partial charge on any atom is 0.121 e. The number of piperidine rings is 1. The van der Waals surface area contributed by atoms with Gasteiger partial charge in [0, 0.05) is 24.2 Å². The second kappa shape index (κ2) is 4.75. The van der Waals surface area contributed by atoms with Crippen molar-refractivity contribution in [3.8, 4) is 11.8 Å². The monoisotopic (exact) mass is 257 g/mol. The molecule has 2 atom stereocenters. The number of nitrogens with zero attached hydrogens (tertiary/aromatic N) is 2. The number of benzene rings is 1. The Labute approximate surface area is 113 Å². The Morgan fingerprint density at radius 1 is 1.32 bits per heavy atom. The van der Waals surface area contributed by atoms with E-state index in [9.17, 15) is 5.26 Å². The summed E-state index contributed by atoms with van der Waals surface area (Å²) >= 11 is 0. The van der Waals surface area contributed by atoms with Crippen LogP contribution in [0.1, 0.15) is 31.2 Å². The Morgan fingerprint density at radius 2 is 2.00 bits per heavy atom. The molecule has 1 aromatic rings. The molecule has 2 N–H and O–H groups in total. The van der Waals surface area contributed by atoms with Gasteiger partial charge in [0.05, 0.1) is 18.4 Å². The highest BCUT2D eigenvalue weighted by Crippen LogP contribution is 2.41. The highest BCUT2D eigenvalue weighted by Gasteiger charge is 2.40. The van der Waals surface area contributed by atoms with E-state index in [4.69, 9.17) is 10.5 Å². The molecule has 2 aliphatic rings. The second-order valence-corrected chi connectivity index (χ2v) is 5.52. The highest BCUT2D eigenvalue weighted by molar-refractivity contribution is 5.64. The molecule has 1 aromatic carbocycles. The van der Waals surface area contributed by atoms with Gasteiger partial charge < -0.3 is 15.4 Å². The molecular formula is C15H19N3O. The molecule has 0 aromatic heterocycles. The van der Waals surface area contributed by atoms with Crippen molar-refractivity contribution in [2.75, 3.05) is 12.0 Å². The molecule has 2 heterocycles. The number of hydrogen-bond acceptors (Lipinski definition) is 4. The fourth-order valence-corrected chi connectivity index (χ4v) is 3.56. The Kier molecular flexibility index (Phi) is 3.08. The van der Waals surface area contributed by atoms with E-state index < -0.39 is 0 Å². The van der Waals surface area contributed by atoms with Crippen LogP contribution in [0.5, 0.6) is 5.75 Å². The molecule has 0 radical (unpaired) electrons. The largest absolute Gasteiger partial charge is 0.497 e. The lowest BCUT2D eigenvalue weighted by Crippen LogP contribution is -2.47. The first-order valence-electron chi connectivity index (χ1n) is 6.85. The zero-order valence-corrected chi connectivity index (χ0v) is 11.2. The number of rotatable bonds is 2. The average Bonchev–Trinajstić information content (AvgIpc) is 2.70. The topological polar surface area (TPSA) is 62.3 Å². The number of methoxy groups -OCH3 is 1. The van der Waals surface area contributed by atoms with Gasteiger partial charge >= 0.3 is 0 Å². The summed E-state index contributed by atoms with van der Waals surface area (Å²) in [5, 5.41) is 9.32. The summed E-state index contributed by atoms with van der Waals surface area (Å²) in [6, 6.07) is 9.25. The predicted octanol–water partition coefficient (Wildman–Crippen LogP) is 2.03. The lowest BCUT2D eigenvalue weighted by Gasteiger charge is -2.40. The normalized spacial score (nSPS) is 29.1. The third kappa shape index (κ3) is 2.04. The van der Waals surface area contributed by atoms with Gasteiger partial charge in [-0.15, -0.1) is 0 Å². The Morgan fingerprint density at radius 3 is 2.58 bits per heavy atom. The fourth-order valence-electron chi connectivity index (χ4n) is 3.56. The summed E-state index contributed by atoms with van der Waals surface area (Å²) in [6.45, 7) is 0. The van der Waals surface area contributed by atoms with E-state index in [2.05, 4.69) is 11.0 Å². The van der Waals surface area contributed by atoms with E-state index in [0.29, 0.717) is 18.1 Å². The third-order valence-corrected chi connectivity index (χ3v) is 4.37. The van der Waals surface area contributed by atoms with Crippen LogP contribution >= 0.6 is 0 Å². The second-order valence-electron chi connectivity index (χ2n) is 5.52. The van der Waals surface area contributed by atoms with Gasteiger partial charge in [0.15, 0.2) is 0 Å². The summed E-state index contributed by atoms with van der Waals surface area (Å²) in [5.41, 5.74) is 7.85. The zero-order valence-electron chi connectivity index (χ0n) is 11.2. The molecule has 3 rings (SSSR count). The zero-order chi connectivity index (χ0) is 13.4. The minimum Gasteiger partial charge on any atom is -0.497 e. The Balaban J connectivity index is 2.00. The van der Waals surface area contributed by atoms with Crippen molar-refractivity contribution in [1.29, 1.82) is 5.26 Å². The van der Waals surface area contributed by atoms with Crippen LogP contribution in [0.2, 0.25) is 0 Å². The highest BCUT2D eigenvalue weighted by atomic mass is 16.5. The summed E-state index contributed by atoms with van der Waals surface area (Å²) in [7, 11) is 1.66. The summed E-state index contributed by atoms with van der Waals surface area (Å²) < 4.78 is 5.30. The van der Waals surface area contributed by atoms with E-state index in [-0.39, 0.29) is 0 Å². The number of ether oxygens (including phenoxy) is 1. The first-order chi connectivity index (χ1) is 9.22. The minimum absolute atomic E-state index is 0.310. The number of anilines is 1. The molecule has 19 heavy (non-hydrogen) atoms. The first-order valence-corrected chi connectivity index (χ1v) is 6.85. The van der Waals surface area contributed by atoms with E-state index in [0.717, 1.165) is 29.8 Å². The van der Waals surface area contributed by atoms with E-state index in [1.807, 2.05) is 18.2 Å². The molecule has 2 fully saturated rings. The molecule has 0 spiro atoms. The Hall–Kier alpha value is -1.73. The van der Waals surface area contributed by atoms with Crippen LogP contribution in [-0.2, 0) is 0 Å². The van der Waals surface area contributed by atoms with E-state index in [1.54, 1.807) is 7.11 Å². The van der Waals surface area contributed by atoms with E-state index >= 15 is 0 Å². The molecule has 0 aliphatic carbocycles. The molecule has 4 heteroatoms. The van der Waals surface area contributed by atoms with Crippen molar-refractivity contribution in [3.05, 3.63) is 23.8 Å². The maximum atomic E-state index is 9.32. The maximum absolute atomic E-state index is 9.32. The summed E-state index contributed by atoms with van der Waals surface area (Å²) in [6.07, 6.45) is 4.41. The van der Waals surface area contributed by atoms with Crippen LogP contribution < -0.4 is 15.4 Å². The number of fused-ring (bicyclic) bond motifs is 2. The van der Waals surface area contributed by atoms with Crippen LogP contribution in [-0.4, -0.2) is 25.2 Å². The van der Waals surface area contributed by atoms with Crippen molar-refractivity contribution < 1.29 is 4.74 Å². The molecule has 2 aliphatic heterocycles. The van der Waals surface area contributed by atoms with Crippen LogP contribution in [0.3, 0.4) is 0 Å². The number of hydrogen-bond donors (Lipinski definition) is 1. The lowest BCUT2D eigenvalue weighted by atomic mass is 9.96. The van der Waals surface area contributed by atoms with Crippen LogP contribution in [0.4, 0.5) is 5.69 Å². The van der Waals surface area contributed by atoms with Crippen molar-refractivity contribution in [2.24, 2.45) is 5.73 Å². The van der Waals surface area contributed by atoms with Gasteiger partial charge in [0.2, 0.25) is 0 Å². The molecule has 2 bridgehead atoms. The minimum atomic E-state index is 0.310. The van der Waals surface area contributed by atoms with Gasteiger partial charge in [0.1, 0.15) is 11.8 Å². The van der Waals surface area contributed by atoms with Crippen LogP contribution in [0.25, 0.3) is 0 Å². The van der Waals surface area contributed by atoms with Crippen molar-refractivity contribution in [2.45, 2.75) is 43.8 Å². The van der Waals surface area contributed by atoms with Crippen LogP contribution in [0.15, 0.2) is 18.2 Å². The average molecular weight is 257 g/mol. The molecular weight excluding hydrogens is 238 g/mol. The summed E-state index contributed by atoms with van der Waals surface area (Å²) in [4.78, 5) is 2.41. The lowest BCUT2D eigenvalue weighted by molar-refractivity contribution is 0.406. The van der Waals surface area contributed by atoms with Gasteiger partial charge in [-0.05, 0) is 37.8 Å². The van der Waals surface area contributed by atoms with Crippen molar-refractivity contribution in [1.82, 2.24) is 0 Å². The molecule has 4 nitrogen and oxygen atoms in total. The SMILES string of the molecule is COc1ccc(C#N)c(N2C3CCC2CC(N)C3)c1. The van der Waals surface area contributed by atoms with E-state index in [1.165, 1.54) is 12.8 Å². The van der Waals surface area contributed by atoms with Gasteiger partial charge in [0.25, 0.3) is 0 Å². The van der Waals surface area contributed by atoms with Gasteiger partial charge in [-0.1, -0.05) is 0 Å². The molecule has 2 saturated heterocycles. The fraction of sp³-hybridized carbons (Fsp3) is 0.533. The Bertz CT molecular complexity index is 509. The van der Waals surface area contributed by atoms with Crippen molar-refractivity contribution in [3.63, 3.8) is 0 Å².